The molecule has 0 amide bonds. The molecule has 1 atom stereocenters. The summed E-state index contributed by atoms with van der Waals surface area (Å²) in [6, 6.07) is 4.58. The average Bonchev–Trinajstić information content (AvgIpc) is 3.05. The number of aromatic amines is 2. The number of aromatic nitrogens is 4. The van der Waals surface area contributed by atoms with E-state index in [2.05, 4.69) is 19.7 Å². The summed E-state index contributed by atoms with van der Waals surface area (Å²) >= 11 is 0. The Morgan fingerprint density at radius 2 is 2.03 bits per heavy atom. The molecule has 1 aliphatic rings. The number of piperidine rings is 1. The highest BCUT2D eigenvalue weighted by atomic mass is 19.4. The van der Waals surface area contributed by atoms with Crippen molar-refractivity contribution in [1.82, 2.24) is 19.5 Å². The van der Waals surface area contributed by atoms with Crippen LogP contribution < -0.4 is 26.6 Å². The molecule has 12 heteroatoms. The van der Waals surface area contributed by atoms with Crippen LogP contribution in [0.2, 0.25) is 0 Å². The van der Waals surface area contributed by atoms with E-state index in [4.69, 9.17) is 5.73 Å². The number of fused-ring (bicyclic) bond motifs is 1. The standard InChI is InChI=1S/C17H17F3N6O3/c18-17(19,20)29-11-5-1-4-10(7-11)26-14(27)12-13(24-16(26)28)23-15(22-12)25-6-2-3-9(21)8-25/h1,4-5,7,9H,2-3,6,8,21H2,(H,22,23)(H,24,28). The summed E-state index contributed by atoms with van der Waals surface area (Å²) in [6.45, 7) is 1.25. The zero-order valence-electron chi connectivity index (χ0n) is 15.0. The van der Waals surface area contributed by atoms with Crippen molar-refractivity contribution in [2.75, 3.05) is 18.0 Å². The Kier molecular flexibility index (Phi) is 4.57. The molecular weight excluding hydrogens is 393 g/mol. The lowest BCUT2D eigenvalue weighted by Gasteiger charge is -2.30. The van der Waals surface area contributed by atoms with Crippen molar-refractivity contribution in [1.29, 1.82) is 0 Å². The highest BCUT2D eigenvalue weighted by Crippen LogP contribution is 2.24. The molecule has 0 saturated carbocycles. The van der Waals surface area contributed by atoms with Crippen molar-refractivity contribution in [2.45, 2.75) is 25.2 Å². The molecule has 4 rings (SSSR count). The zero-order valence-corrected chi connectivity index (χ0v) is 15.0. The fraction of sp³-hybridized carbons (Fsp3) is 0.353. The van der Waals surface area contributed by atoms with Crippen LogP contribution in [0.15, 0.2) is 33.9 Å². The number of rotatable bonds is 3. The first-order chi connectivity index (χ1) is 13.7. The van der Waals surface area contributed by atoms with Gasteiger partial charge in [-0.05, 0) is 25.0 Å². The molecule has 4 N–H and O–H groups in total. The monoisotopic (exact) mass is 410 g/mol. The van der Waals surface area contributed by atoms with E-state index in [9.17, 15) is 22.8 Å². The van der Waals surface area contributed by atoms with Gasteiger partial charge in [0.25, 0.3) is 5.56 Å². The average molecular weight is 410 g/mol. The number of imidazole rings is 1. The van der Waals surface area contributed by atoms with Crippen LogP contribution in [0.1, 0.15) is 12.8 Å². The van der Waals surface area contributed by atoms with Gasteiger partial charge in [-0.2, -0.15) is 4.98 Å². The lowest BCUT2D eigenvalue weighted by molar-refractivity contribution is -0.274. The van der Waals surface area contributed by atoms with Crippen LogP contribution in [0.3, 0.4) is 0 Å². The van der Waals surface area contributed by atoms with E-state index in [-0.39, 0.29) is 22.9 Å². The van der Waals surface area contributed by atoms with Crippen molar-refractivity contribution < 1.29 is 17.9 Å². The van der Waals surface area contributed by atoms with Crippen LogP contribution in [0, 0.1) is 0 Å². The maximum absolute atomic E-state index is 12.9. The second kappa shape index (κ2) is 6.95. The summed E-state index contributed by atoms with van der Waals surface area (Å²) in [4.78, 5) is 36.8. The van der Waals surface area contributed by atoms with E-state index in [1.807, 2.05) is 4.90 Å². The maximum atomic E-state index is 12.9. The summed E-state index contributed by atoms with van der Waals surface area (Å²) in [7, 11) is 0. The predicted octanol–water partition coefficient (Wildman–Crippen LogP) is 1.23. The van der Waals surface area contributed by atoms with Crippen molar-refractivity contribution in [3.05, 3.63) is 45.1 Å². The van der Waals surface area contributed by atoms with Gasteiger partial charge >= 0.3 is 12.1 Å². The Morgan fingerprint density at radius 3 is 2.76 bits per heavy atom. The van der Waals surface area contributed by atoms with Crippen molar-refractivity contribution in [3.63, 3.8) is 0 Å². The molecule has 2 aromatic heterocycles. The van der Waals surface area contributed by atoms with Gasteiger partial charge in [-0.15, -0.1) is 13.2 Å². The van der Waals surface area contributed by atoms with Crippen molar-refractivity contribution >= 4 is 17.1 Å². The quantitative estimate of drug-likeness (QED) is 0.597. The fourth-order valence-corrected chi connectivity index (χ4v) is 3.37. The lowest BCUT2D eigenvalue weighted by Crippen LogP contribution is -2.43. The molecule has 154 valence electrons. The molecule has 1 aliphatic heterocycles. The van der Waals surface area contributed by atoms with E-state index in [0.29, 0.717) is 19.0 Å². The predicted molar refractivity (Wildman–Crippen MR) is 98.4 cm³/mol. The third kappa shape index (κ3) is 3.83. The van der Waals surface area contributed by atoms with E-state index in [1.54, 1.807) is 0 Å². The number of hydrogen-bond acceptors (Lipinski definition) is 6. The van der Waals surface area contributed by atoms with Gasteiger partial charge in [0.2, 0.25) is 5.95 Å². The van der Waals surface area contributed by atoms with Crippen LogP contribution in [0.5, 0.6) is 5.75 Å². The Morgan fingerprint density at radius 1 is 1.24 bits per heavy atom. The van der Waals surface area contributed by atoms with Gasteiger partial charge in [0.1, 0.15) is 5.75 Å². The molecule has 1 aromatic carbocycles. The van der Waals surface area contributed by atoms with Crippen LogP contribution >= 0.6 is 0 Å². The first-order valence-corrected chi connectivity index (χ1v) is 8.83. The number of anilines is 1. The number of nitrogens with one attached hydrogen (secondary N) is 2. The number of halogens is 3. The number of hydrogen-bond donors (Lipinski definition) is 3. The molecule has 29 heavy (non-hydrogen) atoms. The van der Waals surface area contributed by atoms with Gasteiger partial charge < -0.3 is 20.4 Å². The van der Waals surface area contributed by atoms with Crippen LogP contribution in [-0.2, 0) is 0 Å². The van der Waals surface area contributed by atoms with Crippen LogP contribution in [0.25, 0.3) is 16.9 Å². The number of alkyl halides is 3. The van der Waals surface area contributed by atoms with Gasteiger partial charge in [0, 0.05) is 25.2 Å². The maximum Gasteiger partial charge on any atom is 0.573 e. The first-order valence-electron chi connectivity index (χ1n) is 8.83. The Bertz CT molecular complexity index is 1170. The summed E-state index contributed by atoms with van der Waals surface area (Å²) < 4.78 is 42.0. The molecule has 0 radical (unpaired) electrons. The van der Waals surface area contributed by atoms with Crippen LogP contribution in [-0.4, -0.2) is 45.0 Å². The van der Waals surface area contributed by atoms with E-state index >= 15 is 0 Å². The second-order valence-electron chi connectivity index (χ2n) is 6.75. The van der Waals surface area contributed by atoms with Crippen molar-refractivity contribution in [3.8, 4) is 11.4 Å². The van der Waals surface area contributed by atoms with E-state index in [0.717, 1.165) is 29.5 Å². The van der Waals surface area contributed by atoms with Gasteiger partial charge in [-0.25, -0.2) is 9.36 Å². The second-order valence-corrected chi connectivity index (χ2v) is 6.75. The minimum Gasteiger partial charge on any atom is -0.406 e. The molecule has 1 saturated heterocycles. The van der Waals surface area contributed by atoms with Gasteiger partial charge in [0.05, 0.1) is 5.69 Å². The number of benzene rings is 1. The third-order valence-electron chi connectivity index (χ3n) is 4.60. The Hall–Kier alpha value is -3.28. The number of nitrogens with two attached hydrogens (primary N) is 1. The van der Waals surface area contributed by atoms with Gasteiger partial charge in [-0.3, -0.25) is 9.78 Å². The topological polar surface area (TPSA) is 122 Å². The zero-order chi connectivity index (χ0) is 20.8. The minimum atomic E-state index is -4.90. The summed E-state index contributed by atoms with van der Waals surface area (Å²) in [5.41, 5.74) is 4.41. The lowest BCUT2D eigenvalue weighted by atomic mass is 10.1. The fourth-order valence-electron chi connectivity index (χ4n) is 3.37. The highest BCUT2D eigenvalue weighted by Gasteiger charge is 2.31. The third-order valence-corrected chi connectivity index (χ3v) is 4.60. The van der Waals surface area contributed by atoms with Crippen molar-refractivity contribution in [2.24, 2.45) is 5.73 Å². The van der Waals surface area contributed by atoms with Gasteiger partial charge in [0.15, 0.2) is 11.2 Å². The smallest absolute Gasteiger partial charge is 0.406 e. The normalized spacial score (nSPS) is 17.7. The summed E-state index contributed by atoms with van der Waals surface area (Å²) in [6.07, 6.45) is -3.14. The first kappa shape index (κ1) is 19.1. The largest absolute Gasteiger partial charge is 0.573 e. The van der Waals surface area contributed by atoms with Gasteiger partial charge in [-0.1, -0.05) is 6.07 Å². The summed E-state index contributed by atoms with van der Waals surface area (Å²) in [5.74, 6) is -0.149. The Balaban J connectivity index is 1.77. The number of ether oxygens (including phenoxy) is 1. The molecule has 0 aliphatic carbocycles. The molecule has 1 fully saturated rings. The molecular formula is C17H17F3N6O3. The highest BCUT2D eigenvalue weighted by molar-refractivity contribution is 5.72. The summed E-state index contributed by atoms with van der Waals surface area (Å²) in [5, 5.41) is 0. The number of H-pyrrole nitrogens is 2. The molecule has 3 heterocycles. The minimum absolute atomic E-state index is 0.0240. The van der Waals surface area contributed by atoms with E-state index in [1.165, 1.54) is 12.1 Å². The molecule has 0 spiro atoms. The molecule has 0 bridgehead atoms. The van der Waals surface area contributed by atoms with E-state index < -0.39 is 23.4 Å². The SMILES string of the molecule is NC1CCCN(c2nc3[nH]c(=O)n(-c4cccc(OC(F)(F)F)c4)c(=O)c3[nH]2)C1. The number of nitrogens with zero attached hydrogens (tertiary/aromatic N) is 3. The molecule has 1 unspecified atom stereocenters. The Labute approximate surface area is 160 Å². The molecule has 9 nitrogen and oxygen atoms in total. The van der Waals surface area contributed by atoms with Crippen LogP contribution in [0.4, 0.5) is 19.1 Å². The molecule has 3 aromatic rings.